The lowest BCUT2D eigenvalue weighted by atomic mass is 10.2. The predicted molar refractivity (Wildman–Crippen MR) is 114 cm³/mol. The highest BCUT2D eigenvalue weighted by atomic mass is 35.5. The number of H-pyrrole nitrogens is 2. The average molecular weight is 422 g/mol. The number of hydrogen-bond donors (Lipinski definition) is 3. The number of aromatic nitrogens is 4. The van der Waals surface area contributed by atoms with Crippen LogP contribution in [0.5, 0.6) is 0 Å². The van der Waals surface area contributed by atoms with E-state index in [9.17, 15) is 5.26 Å². The van der Waals surface area contributed by atoms with E-state index in [-0.39, 0.29) is 11.4 Å². The average Bonchev–Trinajstić information content (AvgIpc) is 3.29. The molecule has 4 aromatic rings. The van der Waals surface area contributed by atoms with Gasteiger partial charge in [0.25, 0.3) is 0 Å². The topological polar surface area (TPSA) is 106 Å². The lowest BCUT2D eigenvalue weighted by molar-refractivity contribution is 1.09. The Balaban J connectivity index is 1.59. The maximum Gasteiger partial charge on any atom is 0.193 e. The van der Waals surface area contributed by atoms with E-state index in [1.54, 1.807) is 18.2 Å². The first-order valence-corrected chi connectivity index (χ1v) is 9.25. The first-order chi connectivity index (χ1) is 14.1. The number of hydrogen-bond acceptors (Lipinski definition) is 5. The van der Waals surface area contributed by atoms with Gasteiger partial charge in [-0.2, -0.15) is 10.4 Å². The first kappa shape index (κ1) is 18.7. The lowest BCUT2D eigenvalue weighted by Gasteiger charge is -2.03. The van der Waals surface area contributed by atoms with Crippen LogP contribution >= 0.6 is 23.2 Å². The molecule has 0 atom stereocenters. The molecule has 4 rings (SSSR count). The molecule has 0 spiro atoms. The summed E-state index contributed by atoms with van der Waals surface area (Å²) in [5.41, 5.74) is 2.33. The highest BCUT2D eigenvalue weighted by molar-refractivity contribution is 6.32. The molecule has 0 saturated heterocycles. The van der Waals surface area contributed by atoms with Crippen molar-refractivity contribution in [1.82, 2.24) is 20.2 Å². The van der Waals surface area contributed by atoms with Crippen molar-refractivity contribution in [2.24, 2.45) is 4.99 Å². The molecule has 0 bridgehead atoms. The summed E-state index contributed by atoms with van der Waals surface area (Å²) in [7, 11) is 0. The van der Waals surface area contributed by atoms with Gasteiger partial charge in [0.05, 0.1) is 6.21 Å². The van der Waals surface area contributed by atoms with E-state index in [1.807, 2.05) is 36.4 Å². The Kier molecular flexibility index (Phi) is 5.29. The van der Waals surface area contributed by atoms with Crippen LogP contribution in [0, 0.1) is 11.3 Å². The maximum absolute atomic E-state index is 9.53. The Bertz CT molecular complexity index is 1220. The second-order valence-corrected chi connectivity index (χ2v) is 6.77. The van der Waals surface area contributed by atoms with Crippen molar-refractivity contribution in [3.63, 3.8) is 0 Å². The molecule has 2 aromatic carbocycles. The van der Waals surface area contributed by atoms with Gasteiger partial charge in [-0.3, -0.25) is 5.10 Å². The fraction of sp³-hybridized carbons (Fsp3) is 0. The van der Waals surface area contributed by atoms with Crippen molar-refractivity contribution in [2.75, 3.05) is 5.32 Å². The number of aliphatic imine (C=N–C) groups is 1. The third-order valence-corrected chi connectivity index (χ3v) is 4.52. The van der Waals surface area contributed by atoms with E-state index in [1.165, 1.54) is 6.21 Å². The Morgan fingerprint density at radius 3 is 2.69 bits per heavy atom. The van der Waals surface area contributed by atoms with Gasteiger partial charge < -0.3 is 10.3 Å². The van der Waals surface area contributed by atoms with Crippen LogP contribution < -0.4 is 5.32 Å². The second-order valence-electron chi connectivity index (χ2n) is 5.95. The van der Waals surface area contributed by atoms with Gasteiger partial charge in [-0.25, -0.2) is 9.98 Å². The molecular weight excluding hydrogens is 409 g/mol. The molecule has 29 heavy (non-hydrogen) atoms. The van der Waals surface area contributed by atoms with Crippen molar-refractivity contribution >= 4 is 46.7 Å². The molecule has 2 aromatic heterocycles. The third-order valence-electron chi connectivity index (χ3n) is 3.99. The molecule has 0 aliphatic carbocycles. The Hall–Kier alpha value is -3.60. The number of nitrogens with one attached hydrogen (secondary N) is 3. The number of nitrogens with zero attached hydrogens (tertiary/aromatic N) is 4. The summed E-state index contributed by atoms with van der Waals surface area (Å²) < 4.78 is 0. The molecule has 7 nitrogen and oxygen atoms in total. The van der Waals surface area contributed by atoms with Crippen LogP contribution in [0.2, 0.25) is 10.2 Å². The summed E-state index contributed by atoms with van der Waals surface area (Å²) >= 11 is 12.2. The van der Waals surface area contributed by atoms with E-state index < -0.39 is 0 Å². The number of rotatable bonds is 5. The lowest BCUT2D eigenvalue weighted by Crippen LogP contribution is -1.92. The van der Waals surface area contributed by atoms with Gasteiger partial charge in [0.1, 0.15) is 34.1 Å². The van der Waals surface area contributed by atoms with Crippen LogP contribution in [0.1, 0.15) is 11.3 Å². The zero-order chi connectivity index (χ0) is 20.2. The molecule has 0 radical (unpaired) electrons. The van der Waals surface area contributed by atoms with Crippen LogP contribution in [0.15, 0.2) is 59.6 Å². The molecule has 0 amide bonds. The van der Waals surface area contributed by atoms with Crippen LogP contribution in [0.4, 0.5) is 17.3 Å². The normalized spacial score (nSPS) is 10.9. The minimum absolute atomic E-state index is 0.220. The van der Waals surface area contributed by atoms with Crippen molar-refractivity contribution in [1.29, 1.82) is 5.26 Å². The van der Waals surface area contributed by atoms with Gasteiger partial charge in [0.2, 0.25) is 0 Å². The number of anilines is 2. The summed E-state index contributed by atoms with van der Waals surface area (Å²) in [6.07, 6.45) is 1.46. The largest absolute Gasteiger partial charge is 0.339 e. The zero-order valence-electron chi connectivity index (χ0n) is 14.8. The molecule has 0 aliphatic heterocycles. The summed E-state index contributed by atoms with van der Waals surface area (Å²) in [5.74, 6) is 1.26. The Morgan fingerprint density at radius 1 is 1.10 bits per heavy atom. The Morgan fingerprint density at radius 2 is 1.93 bits per heavy atom. The van der Waals surface area contributed by atoms with Crippen LogP contribution in [-0.2, 0) is 0 Å². The zero-order valence-corrected chi connectivity index (χ0v) is 16.3. The number of benzene rings is 2. The van der Waals surface area contributed by atoms with Gasteiger partial charge in [-0.05, 0) is 18.2 Å². The van der Waals surface area contributed by atoms with E-state index >= 15 is 0 Å². The smallest absolute Gasteiger partial charge is 0.193 e. The van der Waals surface area contributed by atoms with Crippen molar-refractivity contribution in [3.05, 3.63) is 76.0 Å². The molecule has 142 valence electrons. The fourth-order valence-corrected chi connectivity index (χ4v) is 3.01. The monoisotopic (exact) mass is 421 g/mol. The molecule has 3 N–H and O–H groups in total. The van der Waals surface area contributed by atoms with E-state index in [2.05, 4.69) is 36.5 Å². The van der Waals surface area contributed by atoms with Crippen LogP contribution in [0.3, 0.4) is 0 Å². The number of imidazole rings is 1. The molecule has 0 aliphatic rings. The second kappa shape index (κ2) is 8.19. The molecule has 9 heteroatoms. The van der Waals surface area contributed by atoms with Gasteiger partial charge in [0, 0.05) is 16.3 Å². The number of nitriles is 1. The molecule has 2 heterocycles. The molecule has 0 saturated carbocycles. The summed E-state index contributed by atoms with van der Waals surface area (Å²) in [5, 5.41) is 20.4. The molecular formula is C20H13Cl2N7. The number of halogens is 2. The maximum atomic E-state index is 9.53. The first-order valence-electron chi connectivity index (χ1n) is 8.50. The standard InChI is InChI=1S/C20H13Cl2N7/c21-13-7-4-8-14(9-13)25-20-15(10-23)19(28-29-20)24-11-16-17(22)27-18(26-16)12-5-2-1-3-6-12/h1-9,11H,(H,26,27)(H2,25,28,29). The quantitative estimate of drug-likeness (QED) is 0.371. The van der Waals surface area contributed by atoms with Crippen LogP contribution in [-0.4, -0.2) is 26.4 Å². The van der Waals surface area contributed by atoms with Crippen LogP contribution in [0.25, 0.3) is 11.4 Å². The van der Waals surface area contributed by atoms with E-state index in [0.717, 1.165) is 11.3 Å². The molecule has 0 unspecified atom stereocenters. The molecule has 0 fully saturated rings. The minimum atomic E-state index is 0.220. The van der Waals surface area contributed by atoms with Gasteiger partial charge in [0.15, 0.2) is 5.82 Å². The highest BCUT2D eigenvalue weighted by Crippen LogP contribution is 2.27. The van der Waals surface area contributed by atoms with Gasteiger partial charge in [-0.1, -0.05) is 59.6 Å². The predicted octanol–water partition coefficient (Wildman–Crippen LogP) is 5.47. The SMILES string of the molecule is N#Cc1c(N=Cc2nc(-c3ccccc3)[nH]c2Cl)n[nH]c1Nc1cccc(Cl)c1. The third kappa shape index (κ3) is 4.14. The summed E-state index contributed by atoms with van der Waals surface area (Å²) in [6, 6.07) is 18.8. The number of aromatic amines is 2. The van der Waals surface area contributed by atoms with Gasteiger partial charge in [-0.15, -0.1) is 0 Å². The Labute approximate surface area is 176 Å². The van der Waals surface area contributed by atoms with E-state index in [0.29, 0.717) is 27.5 Å². The van der Waals surface area contributed by atoms with E-state index in [4.69, 9.17) is 23.2 Å². The van der Waals surface area contributed by atoms with Crippen molar-refractivity contribution < 1.29 is 0 Å². The highest BCUT2D eigenvalue weighted by Gasteiger charge is 2.14. The fourth-order valence-electron chi connectivity index (χ4n) is 2.64. The van der Waals surface area contributed by atoms with Gasteiger partial charge >= 0.3 is 0 Å². The minimum Gasteiger partial charge on any atom is -0.339 e. The van der Waals surface area contributed by atoms with Crippen molar-refractivity contribution in [3.8, 4) is 17.5 Å². The summed E-state index contributed by atoms with van der Waals surface area (Å²) in [4.78, 5) is 11.7. The van der Waals surface area contributed by atoms with Crippen molar-refractivity contribution in [2.45, 2.75) is 0 Å². The summed E-state index contributed by atoms with van der Waals surface area (Å²) in [6.45, 7) is 0.